The summed E-state index contributed by atoms with van der Waals surface area (Å²) in [5.74, 6) is -0.726. The number of halogens is 1. The Balaban J connectivity index is 2.55. The molecule has 0 saturated heterocycles. The third-order valence-electron chi connectivity index (χ3n) is 2.98. The van der Waals surface area contributed by atoms with Crippen LogP contribution in [0.5, 0.6) is 0 Å². The molecule has 0 saturated carbocycles. The smallest absolute Gasteiger partial charge is 0.354 e. The highest BCUT2D eigenvalue weighted by molar-refractivity contribution is 5.90. The monoisotopic (exact) mass is 261 g/mol. The van der Waals surface area contributed by atoms with Gasteiger partial charge in [-0.25, -0.2) is 9.18 Å². The summed E-state index contributed by atoms with van der Waals surface area (Å²) < 4.78 is 20.3. The second-order valence-electron chi connectivity index (χ2n) is 4.59. The molecule has 0 amide bonds. The lowest BCUT2D eigenvalue weighted by molar-refractivity contribution is 0.0587. The Labute approximate surface area is 111 Å². The number of rotatable bonds is 3. The average Bonchev–Trinajstić information content (AvgIpc) is 2.83. The Morgan fingerprint density at radius 3 is 2.58 bits per heavy atom. The Morgan fingerprint density at radius 1 is 1.32 bits per heavy atom. The second-order valence-corrected chi connectivity index (χ2v) is 4.59. The molecular weight excluding hydrogens is 245 g/mol. The lowest BCUT2D eigenvalue weighted by atomic mass is 10.1. The van der Waals surface area contributed by atoms with E-state index in [1.807, 2.05) is 13.8 Å². The molecule has 3 nitrogen and oxygen atoms in total. The van der Waals surface area contributed by atoms with Crippen LogP contribution in [0.2, 0.25) is 0 Å². The minimum absolute atomic E-state index is 0.0922. The highest BCUT2D eigenvalue weighted by Gasteiger charge is 2.17. The highest BCUT2D eigenvalue weighted by Crippen LogP contribution is 2.27. The number of esters is 1. The Morgan fingerprint density at radius 2 is 2.00 bits per heavy atom. The molecular formula is C15H16FNO2. The van der Waals surface area contributed by atoms with Gasteiger partial charge < -0.3 is 9.30 Å². The molecule has 0 aliphatic heterocycles. The maximum absolute atomic E-state index is 13.8. The number of aromatic nitrogens is 1. The largest absolute Gasteiger partial charge is 0.464 e. The van der Waals surface area contributed by atoms with Crippen LogP contribution in [-0.4, -0.2) is 17.6 Å². The second kappa shape index (κ2) is 5.26. The van der Waals surface area contributed by atoms with Crippen molar-refractivity contribution in [2.45, 2.75) is 19.9 Å². The van der Waals surface area contributed by atoms with E-state index in [-0.39, 0.29) is 11.9 Å². The van der Waals surface area contributed by atoms with Gasteiger partial charge in [0.1, 0.15) is 11.5 Å². The van der Waals surface area contributed by atoms with Crippen molar-refractivity contribution in [3.8, 4) is 11.1 Å². The summed E-state index contributed by atoms with van der Waals surface area (Å²) >= 11 is 0. The predicted octanol–water partition coefficient (Wildman–Crippen LogP) is 3.66. The molecule has 0 aliphatic carbocycles. The molecule has 2 aromatic rings. The zero-order chi connectivity index (χ0) is 14.0. The molecule has 0 atom stereocenters. The van der Waals surface area contributed by atoms with Crippen LogP contribution < -0.4 is 0 Å². The van der Waals surface area contributed by atoms with Crippen molar-refractivity contribution in [1.82, 2.24) is 4.57 Å². The van der Waals surface area contributed by atoms with E-state index >= 15 is 0 Å². The van der Waals surface area contributed by atoms with Crippen LogP contribution in [0, 0.1) is 5.82 Å². The zero-order valence-corrected chi connectivity index (χ0v) is 11.2. The summed E-state index contributed by atoms with van der Waals surface area (Å²) in [6.07, 6.45) is 1.77. The van der Waals surface area contributed by atoms with Crippen molar-refractivity contribution < 1.29 is 13.9 Å². The van der Waals surface area contributed by atoms with Crippen LogP contribution in [0.1, 0.15) is 30.4 Å². The maximum Gasteiger partial charge on any atom is 0.354 e. The number of methoxy groups -OCH3 is 1. The summed E-state index contributed by atoms with van der Waals surface area (Å²) in [6.45, 7) is 3.91. The average molecular weight is 261 g/mol. The minimum Gasteiger partial charge on any atom is -0.464 e. The molecule has 1 aromatic heterocycles. The van der Waals surface area contributed by atoms with Crippen molar-refractivity contribution in [2.24, 2.45) is 0 Å². The van der Waals surface area contributed by atoms with Crippen molar-refractivity contribution in [2.75, 3.05) is 7.11 Å². The van der Waals surface area contributed by atoms with Crippen molar-refractivity contribution >= 4 is 5.97 Å². The Bertz CT molecular complexity index is 602. The molecule has 0 fully saturated rings. The molecule has 2 rings (SSSR count). The van der Waals surface area contributed by atoms with Gasteiger partial charge in [-0.05, 0) is 26.0 Å². The van der Waals surface area contributed by atoms with Gasteiger partial charge in [0.05, 0.1) is 7.11 Å². The maximum atomic E-state index is 13.8. The van der Waals surface area contributed by atoms with Crippen molar-refractivity contribution in [1.29, 1.82) is 0 Å². The first kappa shape index (κ1) is 13.3. The van der Waals surface area contributed by atoms with Gasteiger partial charge in [-0.3, -0.25) is 0 Å². The zero-order valence-electron chi connectivity index (χ0n) is 11.2. The molecule has 0 N–H and O–H groups in total. The number of benzene rings is 1. The van der Waals surface area contributed by atoms with E-state index in [2.05, 4.69) is 0 Å². The van der Waals surface area contributed by atoms with Crippen LogP contribution in [0.4, 0.5) is 4.39 Å². The fourth-order valence-electron chi connectivity index (χ4n) is 2.02. The molecule has 100 valence electrons. The third kappa shape index (κ3) is 2.52. The normalized spacial score (nSPS) is 10.8. The first-order valence-corrected chi connectivity index (χ1v) is 6.09. The molecule has 0 unspecified atom stereocenters. The van der Waals surface area contributed by atoms with Gasteiger partial charge in [0.15, 0.2) is 0 Å². The lowest BCUT2D eigenvalue weighted by Crippen LogP contribution is -2.11. The van der Waals surface area contributed by atoms with Gasteiger partial charge in [-0.15, -0.1) is 0 Å². The van der Waals surface area contributed by atoms with E-state index in [4.69, 9.17) is 4.74 Å². The predicted molar refractivity (Wildman–Crippen MR) is 71.6 cm³/mol. The Kier molecular flexibility index (Phi) is 3.69. The summed E-state index contributed by atoms with van der Waals surface area (Å²) in [7, 11) is 1.34. The van der Waals surface area contributed by atoms with Gasteiger partial charge >= 0.3 is 5.97 Å². The molecule has 19 heavy (non-hydrogen) atoms. The lowest BCUT2D eigenvalue weighted by Gasteiger charge is -2.10. The van der Waals surface area contributed by atoms with E-state index in [0.29, 0.717) is 16.8 Å². The molecule has 1 aromatic carbocycles. The van der Waals surface area contributed by atoms with Crippen LogP contribution in [0.15, 0.2) is 36.5 Å². The van der Waals surface area contributed by atoms with Gasteiger partial charge in [-0.1, -0.05) is 18.2 Å². The molecule has 1 heterocycles. The van der Waals surface area contributed by atoms with E-state index in [0.717, 1.165) is 0 Å². The molecule has 4 heteroatoms. The fraction of sp³-hybridized carbons (Fsp3) is 0.267. The van der Waals surface area contributed by atoms with Gasteiger partial charge in [-0.2, -0.15) is 0 Å². The van der Waals surface area contributed by atoms with Crippen LogP contribution in [0.3, 0.4) is 0 Å². The third-order valence-corrected chi connectivity index (χ3v) is 2.98. The van der Waals surface area contributed by atoms with Gasteiger partial charge in [0.25, 0.3) is 0 Å². The van der Waals surface area contributed by atoms with Crippen molar-refractivity contribution in [3.63, 3.8) is 0 Å². The topological polar surface area (TPSA) is 31.2 Å². The summed E-state index contributed by atoms with van der Waals surface area (Å²) in [4.78, 5) is 11.7. The van der Waals surface area contributed by atoms with Crippen LogP contribution in [-0.2, 0) is 4.74 Å². The summed E-state index contributed by atoms with van der Waals surface area (Å²) in [6, 6.07) is 8.25. The SMILES string of the molecule is COC(=O)c1cc(-c2ccccc2F)cn1C(C)C. The van der Waals surface area contributed by atoms with E-state index in [1.54, 1.807) is 35.0 Å². The number of carbonyl (C=O) groups excluding carboxylic acids is 1. The van der Waals surface area contributed by atoms with Crippen LogP contribution >= 0.6 is 0 Å². The number of hydrogen-bond acceptors (Lipinski definition) is 2. The van der Waals surface area contributed by atoms with E-state index in [9.17, 15) is 9.18 Å². The number of carbonyl (C=O) groups is 1. The first-order chi connectivity index (χ1) is 9.04. The Hall–Kier alpha value is -2.10. The van der Waals surface area contributed by atoms with Gasteiger partial charge in [0.2, 0.25) is 0 Å². The number of hydrogen-bond donors (Lipinski definition) is 0. The van der Waals surface area contributed by atoms with E-state index in [1.165, 1.54) is 13.2 Å². The molecule has 0 bridgehead atoms. The number of ether oxygens (including phenoxy) is 1. The molecule has 0 radical (unpaired) electrons. The quantitative estimate of drug-likeness (QED) is 0.789. The van der Waals surface area contributed by atoms with E-state index < -0.39 is 5.97 Å². The fourth-order valence-corrected chi connectivity index (χ4v) is 2.02. The standard InChI is InChI=1S/C15H16FNO2/c1-10(2)17-9-11(8-14(17)15(18)19-3)12-6-4-5-7-13(12)16/h4-10H,1-3H3. The first-order valence-electron chi connectivity index (χ1n) is 6.09. The summed E-state index contributed by atoms with van der Waals surface area (Å²) in [5.41, 5.74) is 1.58. The van der Waals surface area contributed by atoms with Crippen molar-refractivity contribution in [3.05, 3.63) is 48.0 Å². The molecule has 0 aliphatic rings. The summed E-state index contributed by atoms with van der Waals surface area (Å²) in [5, 5.41) is 0. The highest BCUT2D eigenvalue weighted by atomic mass is 19.1. The molecule has 0 spiro atoms. The van der Waals surface area contributed by atoms with Gasteiger partial charge in [0, 0.05) is 23.4 Å². The number of nitrogens with zero attached hydrogens (tertiary/aromatic N) is 1. The minimum atomic E-state index is -0.420. The van der Waals surface area contributed by atoms with Crippen LogP contribution in [0.25, 0.3) is 11.1 Å².